The average molecular weight is 376 g/mol. The summed E-state index contributed by atoms with van der Waals surface area (Å²) in [5, 5.41) is 0. The second-order valence-corrected chi connectivity index (χ2v) is 6.49. The van der Waals surface area contributed by atoms with Gasteiger partial charge in [0.2, 0.25) is 0 Å². The quantitative estimate of drug-likeness (QED) is 0.667. The van der Waals surface area contributed by atoms with Gasteiger partial charge in [0.05, 0.1) is 17.9 Å². The van der Waals surface area contributed by atoms with Crippen molar-refractivity contribution in [1.29, 1.82) is 0 Å². The molecule has 1 aliphatic rings. The molecular weight excluding hydrogens is 358 g/mol. The van der Waals surface area contributed by atoms with Gasteiger partial charge < -0.3 is 9.72 Å². The molecular formula is C18H18BrNO3. The Morgan fingerprint density at radius 2 is 2.04 bits per heavy atom. The Labute approximate surface area is 143 Å². The highest BCUT2D eigenvalue weighted by Crippen LogP contribution is 2.41. The van der Waals surface area contributed by atoms with Gasteiger partial charge in [-0.2, -0.15) is 0 Å². The molecule has 23 heavy (non-hydrogen) atoms. The number of ether oxygens (including phenoxy) is 1. The molecule has 4 nitrogen and oxygen atoms in total. The Morgan fingerprint density at radius 3 is 2.74 bits per heavy atom. The van der Waals surface area contributed by atoms with Crippen molar-refractivity contribution in [3.05, 3.63) is 45.1 Å². The molecule has 0 unspecified atom stereocenters. The Kier molecular flexibility index (Phi) is 4.39. The van der Waals surface area contributed by atoms with Crippen LogP contribution in [0.3, 0.4) is 0 Å². The molecule has 0 fully saturated rings. The standard InChI is InChI=1S/C18H18BrNO3/c1-3-5-6-12-14-15(20-16(12)18(22)23-4-2)11-8-7-10(19)9-13(11)17(14)21/h7-9,20H,3-6H2,1-2H3. The molecule has 120 valence electrons. The van der Waals surface area contributed by atoms with Gasteiger partial charge in [-0.05, 0) is 37.5 Å². The van der Waals surface area contributed by atoms with Crippen LogP contribution in [0, 0.1) is 0 Å². The molecule has 0 bridgehead atoms. The monoisotopic (exact) mass is 375 g/mol. The summed E-state index contributed by atoms with van der Waals surface area (Å²) in [4.78, 5) is 28.2. The summed E-state index contributed by atoms with van der Waals surface area (Å²) >= 11 is 3.41. The number of H-pyrrole nitrogens is 1. The fourth-order valence-electron chi connectivity index (χ4n) is 3.03. The van der Waals surface area contributed by atoms with Crippen molar-refractivity contribution < 1.29 is 14.3 Å². The number of rotatable bonds is 5. The number of hydrogen-bond acceptors (Lipinski definition) is 3. The number of aromatic nitrogens is 1. The minimum atomic E-state index is -0.389. The van der Waals surface area contributed by atoms with Gasteiger partial charge in [0, 0.05) is 15.6 Å². The number of hydrogen-bond donors (Lipinski definition) is 1. The third kappa shape index (κ3) is 2.63. The highest BCUT2D eigenvalue weighted by Gasteiger charge is 2.34. The Bertz CT molecular complexity index is 792. The molecule has 1 aliphatic carbocycles. The van der Waals surface area contributed by atoms with Gasteiger partial charge in [0.1, 0.15) is 5.69 Å². The van der Waals surface area contributed by atoms with E-state index in [9.17, 15) is 9.59 Å². The summed E-state index contributed by atoms with van der Waals surface area (Å²) < 4.78 is 6.01. The van der Waals surface area contributed by atoms with Crippen molar-refractivity contribution in [1.82, 2.24) is 4.98 Å². The number of benzene rings is 1. The van der Waals surface area contributed by atoms with Gasteiger partial charge in [0.15, 0.2) is 5.78 Å². The lowest BCUT2D eigenvalue weighted by Crippen LogP contribution is -2.10. The van der Waals surface area contributed by atoms with Gasteiger partial charge in [-0.25, -0.2) is 4.79 Å². The molecule has 0 spiro atoms. The first-order chi connectivity index (χ1) is 11.1. The lowest BCUT2D eigenvalue weighted by molar-refractivity contribution is 0.0519. The predicted molar refractivity (Wildman–Crippen MR) is 91.9 cm³/mol. The van der Waals surface area contributed by atoms with Gasteiger partial charge in [-0.1, -0.05) is 35.3 Å². The zero-order valence-corrected chi connectivity index (χ0v) is 14.7. The third-order valence-electron chi connectivity index (χ3n) is 4.09. The van der Waals surface area contributed by atoms with Crippen LogP contribution in [0.4, 0.5) is 0 Å². The molecule has 1 aromatic heterocycles. The second-order valence-electron chi connectivity index (χ2n) is 5.57. The van der Waals surface area contributed by atoms with Gasteiger partial charge in [-0.15, -0.1) is 0 Å². The summed E-state index contributed by atoms with van der Waals surface area (Å²) in [5.41, 5.74) is 4.11. The normalized spacial score (nSPS) is 12.2. The van der Waals surface area contributed by atoms with E-state index in [1.807, 2.05) is 18.2 Å². The molecule has 0 saturated carbocycles. The molecule has 0 aliphatic heterocycles. The van der Waals surface area contributed by atoms with Crippen molar-refractivity contribution in [2.75, 3.05) is 6.61 Å². The number of nitrogens with one attached hydrogen (secondary N) is 1. The largest absolute Gasteiger partial charge is 0.461 e. The zero-order valence-electron chi connectivity index (χ0n) is 13.2. The first kappa shape index (κ1) is 16.0. The number of carbonyl (C=O) groups is 2. The van der Waals surface area contributed by atoms with Crippen molar-refractivity contribution in [3.8, 4) is 11.3 Å². The molecule has 1 heterocycles. The number of ketones is 1. The first-order valence-corrected chi connectivity index (χ1v) is 8.64. The second kappa shape index (κ2) is 6.32. The van der Waals surface area contributed by atoms with E-state index in [2.05, 4.69) is 27.8 Å². The van der Waals surface area contributed by atoms with Gasteiger partial charge in [0.25, 0.3) is 0 Å². The molecule has 0 atom stereocenters. The fraction of sp³-hybridized carbons (Fsp3) is 0.333. The molecule has 1 N–H and O–H groups in total. The fourth-order valence-corrected chi connectivity index (χ4v) is 3.39. The smallest absolute Gasteiger partial charge is 0.355 e. The van der Waals surface area contributed by atoms with Crippen molar-refractivity contribution in [2.24, 2.45) is 0 Å². The van der Waals surface area contributed by atoms with Crippen LogP contribution in [0.5, 0.6) is 0 Å². The lowest BCUT2D eigenvalue weighted by Gasteiger charge is -2.06. The van der Waals surface area contributed by atoms with Crippen LogP contribution in [-0.4, -0.2) is 23.3 Å². The Hall–Kier alpha value is -1.88. The van der Waals surface area contributed by atoms with E-state index < -0.39 is 0 Å². The topological polar surface area (TPSA) is 59.2 Å². The predicted octanol–water partition coefficient (Wildman–Crippen LogP) is 4.51. The van der Waals surface area contributed by atoms with E-state index >= 15 is 0 Å². The maximum absolute atomic E-state index is 12.8. The molecule has 3 rings (SSSR count). The SMILES string of the molecule is CCCCc1c(C(=O)OCC)[nH]c2c1C(=O)c1cc(Br)ccc1-2. The molecule has 0 amide bonds. The molecule has 1 aromatic carbocycles. The van der Waals surface area contributed by atoms with E-state index in [-0.39, 0.29) is 11.8 Å². The first-order valence-electron chi connectivity index (χ1n) is 7.85. The number of halogens is 1. The minimum absolute atomic E-state index is 0.0193. The molecule has 0 saturated heterocycles. The minimum Gasteiger partial charge on any atom is -0.461 e. The number of esters is 1. The van der Waals surface area contributed by atoms with Gasteiger partial charge >= 0.3 is 5.97 Å². The van der Waals surface area contributed by atoms with Crippen LogP contribution < -0.4 is 0 Å². The van der Waals surface area contributed by atoms with Crippen molar-refractivity contribution in [3.63, 3.8) is 0 Å². The summed E-state index contributed by atoms with van der Waals surface area (Å²) in [5.74, 6) is -0.409. The zero-order chi connectivity index (χ0) is 16.6. The van der Waals surface area contributed by atoms with Gasteiger partial charge in [-0.3, -0.25) is 4.79 Å². The van der Waals surface area contributed by atoms with Crippen molar-refractivity contribution >= 4 is 27.7 Å². The highest BCUT2D eigenvalue weighted by molar-refractivity contribution is 9.10. The molecule has 2 aromatic rings. The Morgan fingerprint density at radius 1 is 1.26 bits per heavy atom. The molecule has 5 heteroatoms. The number of unbranched alkanes of at least 4 members (excludes halogenated alkanes) is 1. The third-order valence-corrected chi connectivity index (χ3v) is 4.58. The number of carbonyl (C=O) groups excluding carboxylic acids is 2. The number of fused-ring (bicyclic) bond motifs is 3. The molecule has 0 radical (unpaired) electrons. The van der Waals surface area contributed by atoms with E-state index in [1.165, 1.54) is 0 Å². The van der Waals surface area contributed by atoms with Crippen LogP contribution in [-0.2, 0) is 11.2 Å². The average Bonchev–Trinajstić information content (AvgIpc) is 3.02. The number of aromatic amines is 1. The summed E-state index contributed by atoms with van der Waals surface area (Å²) in [6, 6.07) is 5.63. The lowest BCUT2D eigenvalue weighted by atomic mass is 10.0. The maximum Gasteiger partial charge on any atom is 0.355 e. The summed E-state index contributed by atoms with van der Waals surface area (Å²) in [6.45, 7) is 4.18. The van der Waals surface area contributed by atoms with E-state index in [0.29, 0.717) is 29.8 Å². The summed E-state index contributed by atoms with van der Waals surface area (Å²) in [7, 11) is 0. The highest BCUT2D eigenvalue weighted by atomic mass is 79.9. The summed E-state index contributed by atoms with van der Waals surface area (Å²) in [6.07, 6.45) is 2.61. The van der Waals surface area contributed by atoms with Crippen LogP contribution >= 0.6 is 15.9 Å². The van der Waals surface area contributed by atoms with E-state index in [0.717, 1.165) is 34.1 Å². The maximum atomic E-state index is 12.8. The Balaban J connectivity index is 2.15. The van der Waals surface area contributed by atoms with Crippen LogP contribution in [0.15, 0.2) is 22.7 Å². The van der Waals surface area contributed by atoms with Crippen LogP contribution in [0.1, 0.15) is 58.7 Å². The van der Waals surface area contributed by atoms with Crippen LogP contribution in [0.25, 0.3) is 11.3 Å². The van der Waals surface area contributed by atoms with Crippen molar-refractivity contribution in [2.45, 2.75) is 33.1 Å². The van der Waals surface area contributed by atoms with E-state index in [4.69, 9.17) is 4.74 Å². The van der Waals surface area contributed by atoms with Crippen LogP contribution in [0.2, 0.25) is 0 Å². The van der Waals surface area contributed by atoms with E-state index in [1.54, 1.807) is 6.92 Å².